The SMILES string of the molecule is N#C/C(=C/NCc1ccccc1F)C(=O)N(CCO)CCO. The lowest BCUT2D eigenvalue weighted by Gasteiger charge is -2.20. The zero-order valence-corrected chi connectivity index (χ0v) is 12.0. The first-order valence-corrected chi connectivity index (χ1v) is 6.72. The highest BCUT2D eigenvalue weighted by molar-refractivity contribution is 5.97. The Balaban J connectivity index is 2.71. The van der Waals surface area contributed by atoms with Crippen molar-refractivity contribution in [1.29, 1.82) is 5.26 Å². The monoisotopic (exact) mass is 307 g/mol. The molecule has 1 aromatic rings. The van der Waals surface area contributed by atoms with Gasteiger partial charge in [-0.25, -0.2) is 4.39 Å². The minimum atomic E-state index is -0.605. The predicted octanol–water partition coefficient (Wildman–Crippen LogP) is 0.136. The van der Waals surface area contributed by atoms with Gasteiger partial charge in [0.15, 0.2) is 0 Å². The van der Waals surface area contributed by atoms with E-state index >= 15 is 0 Å². The lowest BCUT2D eigenvalue weighted by atomic mass is 10.2. The number of aliphatic hydroxyl groups is 2. The van der Waals surface area contributed by atoms with Gasteiger partial charge in [-0.15, -0.1) is 0 Å². The van der Waals surface area contributed by atoms with Gasteiger partial charge in [0.2, 0.25) is 0 Å². The van der Waals surface area contributed by atoms with Crippen LogP contribution in [-0.4, -0.2) is 47.3 Å². The Labute approximate surface area is 128 Å². The summed E-state index contributed by atoms with van der Waals surface area (Å²) in [5.41, 5.74) is 0.226. The average molecular weight is 307 g/mol. The third-order valence-corrected chi connectivity index (χ3v) is 2.87. The van der Waals surface area contributed by atoms with Gasteiger partial charge < -0.3 is 20.4 Å². The Morgan fingerprint density at radius 3 is 2.50 bits per heavy atom. The smallest absolute Gasteiger partial charge is 0.266 e. The quantitative estimate of drug-likeness (QED) is 0.469. The van der Waals surface area contributed by atoms with E-state index in [2.05, 4.69) is 5.32 Å². The summed E-state index contributed by atoms with van der Waals surface area (Å²) in [5.74, 6) is -0.984. The second-order valence-corrected chi connectivity index (χ2v) is 4.38. The molecule has 0 saturated carbocycles. The van der Waals surface area contributed by atoms with Gasteiger partial charge in [0, 0.05) is 31.4 Å². The van der Waals surface area contributed by atoms with Gasteiger partial charge >= 0.3 is 0 Å². The maximum atomic E-state index is 13.4. The third-order valence-electron chi connectivity index (χ3n) is 2.87. The molecule has 1 rings (SSSR count). The molecule has 0 bridgehead atoms. The molecule has 0 aliphatic rings. The second kappa shape index (κ2) is 9.50. The number of aliphatic hydroxyl groups excluding tert-OH is 2. The third kappa shape index (κ3) is 5.16. The molecular weight excluding hydrogens is 289 g/mol. The maximum absolute atomic E-state index is 13.4. The molecule has 118 valence electrons. The number of carbonyl (C=O) groups excluding carboxylic acids is 1. The van der Waals surface area contributed by atoms with E-state index in [4.69, 9.17) is 15.5 Å². The summed E-state index contributed by atoms with van der Waals surface area (Å²) in [6.07, 6.45) is 1.20. The van der Waals surface area contributed by atoms with Gasteiger partial charge in [0.1, 0.15) is 17.5 Å². The van der Waals surface area contributed by atoms with E-state index in [-0.39, 0.29) is 44.2 Å². The summed E-state index contributed by atoms with van der Waals surface area (Å²) in [4.78, 5) is 13.2. The summed E-state index contributed by atoms with van der Waals surface area (Å²) in [5, 5.41) is 29.5. The predicted molar refractivity (Wildman–Crippen MR) is 77.7 cm³/mol. The zero-order chi connectivity index (χ0) is 16.4. The average Bonchev–Trinajstić information content (AvgIpc) is 2.52. The van der Waals surface area contributed by atoms with E-state index in [0.717, 1.165) is 0 Å². The number of rotatable bonds is 8. The summed E-state index contributed by atoms with van der Waals surface area (Å²) in [6, 6.07) is 7.92. The lowest BCUT2D eigenvalue weighted by Crippen LogP contribution is -2.37. The van der Waals surface area contributed by atoms with Gasteiger partial charge in [-0.3, -0.25) is 4.79 Å². The molecule has 0 saturated heterocycles. The number of nitriles is 1. The van der Waals surface area contributed by atoms with Crippen LogP contribution < -0.4 is 5.32 Å². The number of hydrogen-bond acceptors (Lipinski definition) is 5. The molecule has 0 spiro atoms. The number of nitrogens with one attached hydrogen (secondary N) is 1. The molecule has 0 aliphatic heterocycles. The number of hydrogen-bond donors (Lipinski definition) is 3. The second-order valence-electron chi connectivity index (χ2n) is 4.38. The summed E-state index contributed by atoms with van der Waals surface area (Å²) in [6.45, 7) is -0.372. The van der Waals surface area contributed by atoms with Gasteiger partial charge in [0.05, 0.1) is 13.2 Å². The van der Waals surface area contributed by atoms with Gasteiger partial charge in [-0.1, -0.05) is 18.2 Å². The number of carbonyl (C=O) groups is 1. The lowest BCUT2D eigenvalue weighted by molar-refractivity contribution is -0.127. The van der Waals surface area contributed by atoms with Crippen molar-refractivity contribution in [2.45, 2.75) is 6.54 Å². The maximum Gasteiger partial charge on any atom is 0.266 e. The van der Waals surface area contributed by atoms with Crippen LogP contribution >= 0.6 is 0 Å². The molecule has 0 aromatic heterocycles. The molecule has 0 radical (unpaired) electrons. The van der Waals surface area contributed by atoms with Crippen molar-refractivity contribution in [3.8, 4) is 6.07 Å². The van der Waals surface area contributed by atoms with E-state index in [9.17, 15) is 9.18 Å². The molecule has 22 heavy (non-hydrogen) atoms. The van der Waals surface area contributed by atoms with Crippen molar-refractivity contribution in [3.05, 3.63) is 47.4 Å². The van der Waals surface area contributed by atoms with Crippen molar-refractivity contribution in [2.75, 3.05) is 26.3 Å². The standard InChI is InChI=1S/C15H18FN3O3/c16-14-4-2-1-3-12(14)10-18-11-13(9-17)15(22)19(5-7-20)6-8-21/h1-4,11,18,20-21H,5-8,10H2/b13-11-. The summed E-state index contributed by atoms with van der Waals surface area (Å²) >= 11 is 0. The topological polar surface area (TPSA) is 96.6 Å². The minimum Gasteiger partial charge on any atom is -0.395 e. The van der Waals surface area contributed by atoms with Crippen molar-refractivity contribution in [3.63, 3.8) is 0 Å². The molecule has 1 amide bonds. The summed E-state index contributed by atoms with van der Waals surface area (Å²) < 4.78 is 13.4. The van der Waals surface area contributed by atoms with Crippen LogP contribution in [0.2, 0.25) is 0 Å². The highest BCUT2D eigenvalue weighted by Crippen LogP contribution is 2.06. The van der Waals surface area contributed by atoms with Crippen LogP contribution in [0.5, 0.6) is 0 Å². The van der Waals surface area contributed by atoms with Crippen LogP contribution in [0.3, 0.4) is 0 Å². The molecule has 6 nitrogen and oxygen atoms in total. The van der Waals surface area contributed by atoms with Gasteiger partial charge in [-0.05, 0) is 6.07 Å². The Morgan fingerprint density at radius 1 is 1.32 bits per heavy atom. The Kier molecular flexibility index (Phi) is 7.61. The fourth-order valence-electron chi connectivity index (χ4n) is 1.77. The van der Waals surface area contributed by atoms with Crippen molar-refractivity contribution < 1.29 is 19.4 Å². The molecule has 0 fully saturated rings. The Hall–Kier alpha value is -2.43. The normalized spacial score (nSPS) is 10.9. The summed E-state index contributed by atoms with van der Waals surface area (Å²) in [7, 11) is 0. The first-order chi connectivity index (χ1) is 10.6. The number of nitrogens with zero attached hydrogens (tertiary/aromatic N) is 2. The van der Waals surface area contributed by atoms with E-state index in [1.807, 2.05) is 0 Å². The van der Waals surface area contributed by atoms with Gasteiger partial charge in [-0.2, -0.15) is 5.26 Å². The van der Waals surface area contributed by atoms with Gasteiger partial charge in [0.25, 0.3) is 5.91 Å². The molecule has 7 heteroatoms. The highest BCUT2D eigenvalue weighted by Gasteiger charge is 2.17. The van der Waals surface area contributed by atoms with Crippen molar-refractivity contribution in [2.24, 2.45) is 0 Å². The number of amides is 1. The Bertz CT molecular complexity index is 563. The molecular formula is C15H18FN3O3. The van der Waals surface area contributed by atoms with E-state index < -0.39 is 5.91 Å². The van der Waals surface area contributed by atoms with Crippen LogP contribution in [-0.2, 0) is 11.3 Å². The van der Waals surface area contributed by atoms with Crippen molar-refractivity contribution in [1.82, 2.24) is 10.2 Å². The van der Waals surface area contributed by atoms with Crippen LogP contribution in [0.4, 0.5) is 4.39 Å². The fourth-order valence-corrected chi connectivity index (χ4v) is 1.77. The van der Waals surface area contributed by atoms with E-state index in [1.54, 1.807) is 24.3 Å². The molecule has 1 aromatic carbocycles. The Morgan fingerprint density at radius 2 is 1.95 bits per heavy atom. The number of halogens is 1. The van der Waals surface area contributed by atoms with Crippen LogP contribution in [0, 0.1) is 17.1 Å². The van der Waals surface area contributed by atoms with Crippen LogP contribution in [0.25, 0.3) is 0 Å². The van der Waals surface area contributed by atoms with E-state index in [0.29, 0.717) is 5.56 Å². The van der Waals surface area contributed by atoms with Crippen LogP contribution in [0.1, 0.15) is 5.56 Å². The molecule has 0 atom stereocenters. The van der Waals surface area contributed by atoms with Crippen LogP contribution in [0.15, 0.2) is 36.0 Å². The molecule has 3 N–H and O–H groups in total. The van der Waals surface area contributed by atoms with Crippen molar-refractivity contribution >= 4 is 5.91 Å². The van der Waals surface area contributed by atoms with E-state index in [1.165, 1.54) is 17.2 Å². The zero-order valence-electron chi connectivity index (χ0n) is 12.0. The molecule has 0 unspecified atom stereocenters. The first-order valence-electron chi connectivity index (χ1n) is 6.72. The first kappa shape index (κ1) is 17.6. The molecule has 0 aliphatic carbocycles. The minimum absolute atomic E-state index is 0.0196. The molecule has 0 heterocycles. The fraction of sp³-hybridized carbons (Fsp3) is 0.333. The number of benzene rings is 1. The largest absolute Gasteiger partial charge is 0.395 e. The highest BCUT2D eigenvalue weighted by atomic mass is 19.1.